The number of nitrogens with zero attached hydrogens (tertiary/aromatic N) is 2. The van der Waals surface area contributed by atoms with Crippen molar-refractivity contribution in [1.29, 1.82) is 0 Å². The van der Waals surface area contributed by atoms with Gasteiger partial charge in [-0.25, -0.2) is 18.6 Å². The molecule has 7 nitrogen and oxygen atoms in total. The molecular formula is C32H30F2N4O3S. The number of methoxy groups -OCH3 is 1. The lowest BCUT2D eigenvalue weighted by Crippen LogP contribution is -2.19. The zero-order valence-electron chi connectivity index (χ0n) is 23.0. The fraction of sp³-hybridized carbons (Fsp3) is 0.219. The average molecular weight is 589 g/mol. The van der Waals surface area contributed by atoms with Crippen molar-refractivity contribution < 1.29 is 23.0 Å². The summed E-state index contributed by atoms with van der Waals surface area (Å²) in [5.41, 5.74) is 1.90. The predicted octanol–water partition coefficient (Wildman–Crippen LogP) is 6.34. The summed E-state index contributed by atoms with van der Waals surface area (Å²) in [6.07, 6.45) is 2.58. The minimum Gasteiger partial charge on any atom is -0.494 e. The second-order valence-corrected chi connectivity index (χ2v) is 10.6. The van der Waals surface area contributed by atoms with Crippen LogP contribution in [-0.4, -0.2) is 49.3 Å². The lowest BCUT2D eigenvalue weighted by molar-refractivity contribution is 0.0596. The molecule has 3 aromatic carbocycles. The Balaban J connectivity index is 1.10. The van der Waals surface area contributed by atoms with Crippen LogP contribution in [0.1, 0.15) is 27.9 Å². The molecule has 4 aromatic rings. The molecule has 10 heteroatoms. The summed E-state index contributed by atoms with van der Waals surface area (Å²) in [6, 6.07) is 20.5. The van der Waals surface area contributed by atoms with E-state index in [-0.39, 0.29) is 17.7 Å². The Bertz CT molecular complexity index is 1580. The standard InChI is InChI=1S/C32H30F2N4O3S/c1-40-32(39)30-26(4-2-5-27(30)33)22-6-7-23(28(34)18-22)20-38-29-19-25(12-13-35-29)42-17-3-16-41-24-10-8-21(9-11-24)31-36-14-15-37-31/h2,4-13,18-19H,3,14-17,20H2,1H3,(H,35,38)(H,36,37). The number of esters is 1. The molecule has 2 heterocycles. The van der Waals surface area contributed by atoms with E-state index in [4.69, 9.17) is 9.47 Å². The van der Waals surface area contributed by atoms with Crippen molar-refractivity contribution in [3.63, 3.8) is 0 Å². The third-order valence-corrected chi connectivity index (χ3v) is 7.67. The van der Waals surface area contributed by atoms with Crippen molar-refractivity contribution in [3.05, 3.63) is 107 Å². The fourth-order valence-electron chi connectivity index (χ4n) is 4.46. The van der Waals surface area contributed by atoms with E-state index >= 15 is 0 Å². The Kier molecular flexibility index (Phi) is 9.66. The van der Waals surface area contributed by atoms with Gasteiger partial charge in [-0.05, 0) is 66.1 Å². The SMILES string of the molecule is COC(=O)c1c(F)cccc1-c1ccc(CNc2cc(SCCCOc3ccc(C4=NCCN4)cc3)ccn2)c(F)c1. The molecule has 216 valence electrons. The number of aromatic nitrogens is 1. The first-order valence-corrected chi connectivity index (χ1v) is 14.5. The maximum Gasteiger partial charge on any atom is 0.341 e. The lowest BCUT2D eigenvalue weighted by atomic mass is 9.98. The second kappa shape index (κ2) is 14.0. The number of carbonyl (C=O) groups is 1. The molecule has 5 rings (SSSR count). The molecule has 0 spiro atoms. The van der Waals surface area contributed by atoms with Gasteiger partial charge in [-0.3, -0.25) is 4.99 Å². The number of hydrogen-bond donors (Lipinski definition) is 2. The van der Waals surface area contributed by atoms with E-state index in [1.165, 1.54) is 25.3 Å². The van der Waals surface area contributed by atoms with Crippen molar-refractivity contribution in [3.8, 4) is 16.9 Å². The summed E-state index contributed by atoms with van der Waals surface area (Å²) in [5, 5.41) is 6.42. The highest BCUT2D eigenvalue weighted by molar-refractivity contribution is 7.99. The molecule has 0 fully saturated rings. The first kappa shape index (κ1) is 29.1. The molecule has 1 aromatic heterocycles. The van der Waals surface area contributed by atoms with Gasteiger partial charge in [0.25, 0.3) is 0 Å². The van der Waals surface area contributed by atoms with E-state index in [0.717, 1.165) is 47.3 Å². The molecule has 0 unspecified atom stereocenters. The highest BCUT2D eigenvalue weighted by Crippen LogP contribution is 2.28. The Labute approximate surface area is 247 Å². The third kappa shape index (κ3) is 7.25. The fourth-order valence-corrected chi connectivity index (χ4v) is 5.31. The molecular weight excluding hydrogens is 558 g/mol. The monoisotopic (exact) mass is 588 g/mol. The first-order chi connectivity index (χ1) is 20.5. The number of benzene rings is 3. The normalized spacial score (nSPS) is 12.4. The number of amidine groups is 1. The quantitative estimate of drug-likeness (QED) is 0.114. The number of carbonyl (C=O) groups excluding carboxylic acids is 1. The molecule has 0 aliphatic carbocycles. The number of hydrogen-bond acceptors (Lipinski definition) is 8. The maximum absolute atomic E-state index is 15.0. The summed E-state index contributed by atoms with van der Waals surface area (Å²) >= 11 is 1.69. The number of ether oxygens (including phenoxy) is 2. The van der Waals surface area contributed by atoms with Crippen LogP contribution < -0.4 is 15.4 Å². The van der Waals surface area contributed by atoms with Crippen LogP contribution in [0.25, 0.3) is 11.1 Å². The zero-order chi connectivity index (χ0) is 29.3. The van der Waals surface area contributed by atoms with Crippen molar-refractivity contribution in [2.24, 2.45) is 4.99 Å². The smallest absolute Gasteiger partial charge is 0.341 e. The number of aliphatic imine (C=N–C) groups is 1. The summed E-state index contributed by atoms with van der Waals surface area (Å²) in [5.74, 6) is 1.24. The number of pyridine rings is 1. The predicted molar refractivity (Wildman–Crippen MR) is 161 cm³/mol. The zero-order valence-corrected chi connectivity index (χ0v) is 23.8. The van der Waals surface area contributed by atoms with Gasteiger partial charge in [0.05, 0.1) is 20.3 Å². The van der Waals surface area contributed by atoms with Crippen LogP contribution in [0.3, 0.4) is 0 Å². The molecule has 2 N–H and O–H groups in total. The molecule has 42 heavy (non-hydrogen) atoms. The minimum absolute atomic E-state index is 0.205. The van der Waals surface area contributed by atoms with Gasteiger partial charge in [0.2, 0.25) is 0 Å². The second-order valence-electron chi connectivity index (χ2n) is 9.42. The Morgan fingerprint density at radius 1 is 1.02 bits per heavy atom. The molecule has 0 saturated carbocycles. The van der Waals surface area contributed by atoms with Crippen LogP contribution in [0.2, 0.25) is 0 Å². The van der Waals surface area contributed by atoms with Crippen LogP contribution in [0.4, 0.5) is 14.6 Å². The van der Waals surface area contributed by atoms with E-state index in [1.807, 2.05) is 36.4 Å². The molecule has 0 amide bonds. The molecule has 0 bridgehead atoms. The topological polar surface area (TPSA) is 84.8 Å². The van der Waals surface area contributed by atoms with Crippen LogP contribution in [-0.2, 0) is 11.3 Å². The van der Waals surface area contributed by atoms with Crippen molar-refractivity contribution in [2.45, 2.75) is 17.9 Å². The van der Waals surface area contributed by atoms with E-state index in [2.05, 4.69) is 20.6 Å². The molecule has 0 saturated heterocycles. The van der Waals surface area contributed by atoms with Crippen molar-refractivity contribution in [1.82, 2.24) is 10.3 Å². The summed E-state index contributed by atoms with van der Waals surface area (Å²) in [6.45, 7) is 2.50. The lowest BCUT2D eigenvalue weighted by Gasteiger charge is -2.12. The maximum atomic E-state index is 15.0. The molecule has 0 atom stereocenters. The van der Waals surface area contributed by atoms with Gasteiger partial charge < -0.3 is 20.1 Å². The summed E-state index contributed by atoms with van der Waals surface area (Å²) in [4.78, 5) is 21.9. The van der Waals surface area contributed by atoms with Crippen LogP contribution in [0.15, 0.2) is 88.9 Å². The molecule has 0 radical (unpaired) electrons. The highest BCUT2D eigenvalue weighted by atomic mass is 32.2. The Morgan fingerprint density at radius 3 is 2.62 bits per heavy atom. The Morgan fingerprint density at radius 2 is 1.86 bits per heavy atom. The number of nitrogens with one attached hydrogen (secondary N) is 2. The van der Waals surface area contributed by atoms with Crippen LogP contribution >= 0.6 is 11.8 Å². The van der Waals surface area contributed by atoms with Gasteiger partial charge in [0.1, 0.15) is 34.6 Å². The van der Waals surface area contributed by atoms with E-state index < -0.39 is 17.6 Å². The van der Waals surface area contributed by atoms with E-state index in [1.54, 1.807) is 36.2 Å². The molecule has 1 aliphatic heterocycles. The summed E-state index contributed by atoms with van der Waals surface area (Å²) in [7, 11) is 1.18. The molecule has 1 aliphatic rings. The number of rotatable bonds is 12. The first-order valence-electron chi connectivity index (χ1n) is 13.5. The van der Waals surface area contributed by atoms with Gasteiger partial charge in [0, 0.05) is 41.1 Å². The van der Waals surface area contributed by atoms with Crippen molar-refractivity contribution in [2.75, 3.05) is 37.9 Å². The average Bonchev–Trinajstić information content (AvgIpc) is 3.56. The largest absolute Gasteiger partial charge is 0.494 e. The van der Waals surface area contributed by atoms with Gasteiger partial charge >= 0.3 is 5.97 Å². The number of thioether (sulfide) groups is 1. The van der Waals surface area contributed by atoms with E-state index in [0.29, 0.717) is 23.6 Å². The summed E-state index contributed by atoms with van der Waals surface area (Å²) < 4.78 is 39.9. The van der Waals surface area contributed by atoms with Crippen LogP contribution in [0.5, 0.6) is 5.75 Å². The van der Waals surface area contributed by atoms with Gasteiger partial charge in [-0.1, -0.05) is 24.3 Å². The third-order valence-electron chi connectivity index (χ3n) is 6.59. The highest BCUT2D eigenvalue weighted by Gasteiger charge is 2.19. The number of anilines is 1. The van der Waals surface area contributed by atoms with Gasteiger partial charge in [0.15, 0.2) is 0 Å². The minimum atomic E-state index is -0.816. The van der Waals surface area contributed by atoms with Crippen LogP contribution in [0, 0.1) is 11.6 Å². The van der Waals surface area contributed by atoms with Gasteiger partial charge in [-0.2, -0.15) is 0 Å². The number of halogens is 2. The van der Waals surface area contributed by atoms with Crippen molar-refractivity contribution >= 4 is 29.4 Å². The van der Waals surface area contributed by atoms with E-state index in [9.17, 15) is 13.6 Å². The van der Waals surface area contributed by atoms with Gasteiger partial charge in [-0.15, -0.1) is 11.8 Å². The Hall–Kier alpha value is -4.44.